The fourth-order valence-electron chi connectivity index (χ4n) is 6.70. The fourth-order valence-corrected chi connectivity index (χ4v) is 6.70. The number of fused-ring (bicyclic) bond motifs is 1. The van der Waals surface area contributed by atoms with Gasteiger partial charge in [-0.15, -0.1) is 0 Å². The number of urea groups is 1. The van der Waals surface area contributed by atoms with Crippen molar-refractivity contribution in [1.82, 2.24) is 9.80 Å². The predicted molar refractivity (Wildman–Crippen MR) is 164 cm³/mol. The summed E-state index contributed by atoms with van der Waals surface area (Å²) in [5.41, 5.74) is 3.56. The first-order chi connectivity index (χ1) is 19.9. The number of carbonyl (C=O) groups excluding carboxylic acids is 1. The molecule has 41 heavy (non-hydrogen) atoms. The van der Waals surface area contributed by atoms with Crippen LogP contribution in [0.3, 0.4) is 0 Å². The zero-order valence-electron chi connectivity index (χ0n) is 24.3. The second-order valence-electron chi connectivity index (χ2n) is 11.6. The average Bonchev–Trinajstić information content (AvgIpc) is 2.98. The standard InChI is InChI=1S/C35H41N3O3/c1-26(2)23-35(25-39)33(29-15-13-28(14-16-29)12-11-27-9-5-4-6-10-27)32-24-37(21-7-8-22-38(32)35)34(40)36-30-17-19-31(41-3)20-18-30/h4-6,9-10,13-20,26,32-33,39H,7-8,21-25H2,1-3H3,(H,36,40)/t32-,33+,35-/m0/s1. The van der Waals surface area contributed by atoms with Gasteiger partial charge < -0.3 is 20.1 Å². The maximum Gasteiger partial charge on any atom is 0.321 e. The van der Waals surface area contributed by atoms with Gasteiger partial charge in [0.25, 0.3) is 0 Å². The molecule has 2 saturated heterocycles. The topological polar surface area (TPSA) is 65.0 Å². The third-order valence-corrected chi connectivity index (χ3v) is 8.48. The summed E-state index contributed by atoms with van der Waals surface area (Å²) in [6, 6.07) is 26.0. The number of methoxy groups -OCH3 is 1. The quantitative estimate of drug-likeness (QED) is 0.371. The fraction of sp³-hybridized carbons (Fsp3) is 0.400. The van der Waals surface area contributed by atoms with E-state index in [0.717, 1.165) is 48.4 Å². The lowest BCUT2D eigenvalue weighted by molar-refractivity contribution is -0.146. The van der Waals surface area contributed by atoms with Crippen LogP contribution in [0.5, 0.6) is 5.75 Å². The van der Waals surface area contributed by atoms with Crippen molar-refractivity contribution in [2.24, 2.45) is 5.92 Å². The normalized spacial score (nSPS) is 22.4. The molecule has 0 bridgehead atoms. The Morgan fingerprint density at radius 1 is 0.976 bits per heavy atom. The van der Waals surface area contributed by atoms with E-state index in [-0.39, 0.29) is 30.1 Å². The Bertz CT molecular complexity index is 1360. The van der Waals surface area contributed by atoms with Gasteiger partial charge in [-0.3, -0.25) is 4.90 Å². The molecule has 0 spiro atoms. The summed E-state index contributed by atoms with van der Waals surface area (Å²) in [7, 11) is 1.63. The molecule has 0 radical (unpaired) electrons. The van der Waals surface area contributed by atoms with Crippen LogP contribution in [0, 0.1) is 17.8 Å². The van der Waals surface area contributed by atoms with Crippen molar-refractivity contribution in [3.05, 3.63) is 95.6 Å². The van der Waals surface area contributed by atoms with Crippen LogP contribution in [-0.4, -0.2) is 65.9 Å². The van der Waals surface area contributed by atoms with E-state index in [1.54, 1.807) is 7.11 Å². The van der Waals surface area contributed by atoms with Crippen LogP contribution in [0.2, 0.25) is 0 Å². The summed E-state index contributed by atoms with van der Waals surface area (Å²) in [6.45, 7) is 6.81. The molecule has 2 fully saturated rings. The number of hydrogen-bond acceptors (Lipinski definition) is 4. The highest BCUT2D eigenvalue weighted by Gasteiger charge is 2.60. The summed E-state index contributed by atoms with van der Waals surface area (Å²) in [4.78, 5) is 17.9. The summed E-state index contributed by atoms with van der Waals surface area (Å²) in [5.74, 6) is 7.82. The molecule has 2 N–H and O–H groups in total. The lowest BCUT2D eigenvalue weighted by Gasteiger charge is -2.66. The van der Waals surface area contributed by atoms with E-state index >= 15 is 0 Å². The van der Waals surface area contributed by atoms with E-state index < -0.39 is 0 Å². The van der Waals surface area contributed by atoms with Crippen molar-refractivity contribution >= 4 is 11.7 Å². The van der Waals surface area contributed by atoms with Crippen LogP contribution in [0.1, 0.15) is 55.7 Å². The van der Waals surface area contributed by atoms with Crippen molar-refractivity contribution in [3.63, 3.8) is 0 Å². The molecule has 5 rings (SSSR count). The lowest BCUT2D eigenvalue weighted by atomic mass is 9.61. The molecule has 0 aliphatic carbocycles. The maximum atomic E-state index is 13.4. The molecule has 2 amide bonds. The van der Waals surface area contributed by atoms with Gasteiger partial charge in [-0.25, -0.2) is 4.79 Å². The molecule has 2 heterocycles. The first kappa shape index (κ1) is 28.7. The van der Waals surface area contributed by atoms with Crippen LogP contribution < -0.4 is 10.1 Å². The van der Waals surface area contributed by atoms with E-state index in [1.165, 1.54) is 5.56 Å². The van der Waals surface area contributed by atoms with Crippen molar-refractivity contribution in [2.75, 3.05) is 38.7 Å². The Morgan fingerprint density at radius 2 is 1.63 bits per heavy atom. The molecule has 6 heteroatoms. The number of ether oxygens (including phenoxy) is 1. The highest BCUT2D eigenvalue weighted by molar-refractivity contribution is 5.89. The van der Waals surface area contributed by atoms with E-state index in [9.17, 15) is 9.90 Å². The van der Waals surface area contributed by atoms with Gasteiger partial charge in [-0.05, 0) is 85.8 Å². The Hall–Kier alpha value is -3.79. The van der Waals surface area contributed by atoms with Crippen LogP contribution in [0.4, 0.5) is 10.5 Å². The molecule has 0 aromatic heterocycles. The number of nitrogens with one attached hydrogen (secondary N) is 1. The molecule has 3 aromatic carbocycles. The summed E-state index contributed by atoms with van der Waals surface area (Å²) in [5, 5.41) is 14.0. The predicted octanol–water partition coefficient (Wildman–Crippen LogP) is 5.97. The van der Waals surface area contributed by atoms with Gasteiger partial charge in [-0.2, -0.15) is 0 Å². The minimum atomic E-state index is -0.342. The van der Waals surface area contributed by atoms with Crippen LogP contribution in [-0.2, 0) is 0 Å². The molecule has 0 saturated carbocycles. The number of rotatable bonds is 6. The van der Waals surface area contributed by atoms with E-state index in [2.05, 4.69) is 60.2 Å². The largest absolute Gasteiger partial charge is 0.497 e. The van der Waals surface area contributed by atoms with E-state index in [4.69, 9.17) is 4.74 Å². The number of aliphatic hydroxyl groups is 1. The van der Waals surface area contributed by atoms with Gasteiger partial charge >= 0.3 is 6.03 Å². The first-order valence-electron chi connectivity index (χ1n) is 14.7. The van der Waals surface area contributed by atoms with Crippen molar-refractivity contribution < 1.29 is 14.6 Å². The van der Waals surface area contributed by atoms with Gasteiger partial charge in [0.05, 0.1) is 19.3 Å². The Kier molecular flexibility index (Phi) is 8.97. The summed E-state index contributed by atoms with van der Waals surface area (Å²) >= 11 is 0. The monoisotopic (exact) mass is 551 g/mol. The van der Waals surface area contributed by atoms with Crippen molar-refractivity contribution in [2.45, 2.75) is 50.6 Å². The second-order valence-corrected chi connectivity index (χ2v) is 11.6. The number of carbonyl (C=O) groups is 1. The molecule has 0 unspecified atom stereocenters. The second kappa shape index (κ2) is 12.8. The van der Waals surface area contributed by atoms with Crippen LogP contribution in [0.15, 0.2) is 78.9 Å². The van der Waals surface area contributed by atoms with Crippen molar-refractivity contribution in [1.29, 1.82) is 0 Å². The average molecular weight is 552 g/mol. The van der Waals surface area contributed by atoms with Crippen LogP contribution in [0.25, 0.3) is 0 Å². The van der Waals surface area contributed by atoms with Gasteiger partial charge in [0, 0.05) is 41.9 Å². The molecule has 2 aliphatic heterocycles. The number of benzene rings is 3. The molecule has 2 aliphatic rings. The maximum absolute atomic E-state index is 13.4. The minimum Gasteiger partial charge on any atom is -0.497 e. The lowest BCUT2D eigenvalue weighted by Crippen LogP contribution is -2.76. The molecule has 214 valence electrons. The molecular weight excluding hydrogens is 510 g/mol. The Morgan fingerprint density at radius 3 is 2.27 bits per heavy atom. The minimum absolute atomic E-state index is 0.0901. The third-order valence-electron chi connectivity index (χ3n) is 8.48. The number of nitrogens with zero attached hydrogens (tertiary/aromatic N) is 2. The third kappa shape index (κ3) is 6.27. The molecule has 6 nitrogen and oxygen atoms in total. The smallest absolute Gasteiger partial charge is 0.321 e. The highest BCUT2D eigenvalue weighted by Crippen LogP contribution is 2.53. The van der Waals surface area contributed by atoms with Crippen molar-refractivity contribution in [3.8, 4) is 17.6 Å². The van der Waals surface area contributed by atoms with Crippen LogP contribution >= 0.6 is 0 Å². The summed E-state index contributed by atoms with van der Waals surface area (Å²) < 4.78 is 5.25. The van der Waals surface area contributed by atoms with E-state index in [0.29, 0.717) is 19.0 Å². The number of amides is 2. The van der Waals surface area contributed by atoms with Gasteiger partial charge in [0.2, 0.25) is 0 Å². The molecular formula is C35H41N3O3. The van der Waals surface area contributed by atoms with E-state index in [1.807, 2.05) is 59.5 Å². The Labute approximate surface area is 244 Å². The van der Waals surface area contributed by atoms with Gasteiger partial charge in [0.1, 0.15) is 5.75 Å². The van der Waals surface area contributed by atoms with Gasteiger partial charge in [-0.1, -0.05) is 56.0 Å². The first-order valence-corrected chi connectivity index (χ1v) is 14.7. The molecule has 3 atom stereocenters. The number of aliphatic hydroxyl groups excluding tert-OH is 1. The van der Waals surface area contributed by atoms with Gasteiger partial charge in [0.15, 0.2) is 0 Å². The zero-order valence-corrected chi connectivity index (χ0v) is 24.3. The SMILES string of the molecule is COc1ccc(NC(=O)N2CCCCN3[C@@H](C2)[C@@H](c2ccc(C#Cc4ccccc4)cc2)[C@@]3(CO)CC(C)C)cc1. The highest BCUT2D eigenvalue weighted by atomic mass is 16.5. The zero-order chi connectivity index (χ0) is 28.8. The molecule has 3 aromatic rings. The summed E-state index contributed by atoms with van der Waals surface area (Å²) in [6.07, 6.45) is 2.82. The number of hydrogen-bond donors (Lipinski definition) is 2. The number of anilines is 1. The Balaban J connectivity index is 1.40.